The van der Waals surface area contributed by atoms with Crippen LogP contribution in [0, 0.1) is 34.8 Å². The van der Waals surface area contributed by atoms with Gasteiger partial charge < -0.3 is 29.9 Å². The van der Waals surface area contributed by atoms with E-state index in [0.717, 1.165) is 101 Å². The number of allylic oxidation sites excluding steroid dienone is 1. The number of aliphatic hydroxyl groups is 1. The molecule has 8 aliphatic rings. The number of hydrogen-bond donors (Lipinski definition) is 3. The fourth-order valence-corrected chi connectivity index (χ4v) is 14.4. The van der Waals surface area contributed by atoms with Gasteiger partial charge in [0.1, 0.15) is 17.2 Å². The van der Waals surface area contributed by atoms with Gasteiger partial charge in [0, 0.05) is 80.6 Å². The summed E-state index contributed by atoms with van der Waals surface area (Å²) < 4.78 is 40.8. The number of aryl methyl sites for hydroxylation is 1. The molecular formula is C58H66F2N10O4. The normalized spacial score (nSPS) is 26.3. The number of fused-ring (bicyclic) bond motifs is 5. The SMILES string of the molecule is C#Cc1c(F)ccc2c1C(c1ncc3c(N4CC5CCC(C4)N5)nc(OCC4(CN5CCC6(CCC(N7CCC(c8ccc9c(C%10CCC(=O)NC%10=O)nn(C)c9c8)CC7)CC6)CC5)CC4)nc3c1F)CC(O)=C2. The van der Waals surface area contributed by atoms with Crippen LogP contribution in [0.15, 0.2) is 42.3 Å². The second-order valence-electron chi connectivity index (χ2n) is 23.4. The Hall–Kier alpha value is -6.02. The molecule has 386 valence electrons. The van der Waals surface area contributed by atoms with E-state index in [0.29, 0.717) is 71.2 Å². The topological polar surface area (TPSA) is 154 Å². The smallest absolute Gasteiger partial charge is 0.319 e. The van der Waals surface area contributed by atoms with Crippen LogP contribution in [0.1, 0.15) is 148 Å². The Morgan fingerprint density at radius 1 is 0.878 bits per heavy atom. The van der Waals surface area contributed by atoms with E-state index in [9.17, 15) is 14.7 Å². The van der Waals surface area contributed by atoms with Gasteiger partial charge in [0.25, 0.3) is 0 Å². The number of nitrogens with one attached hydrogen (secondary N) is 2. The average molecular weight is 1010 g/mol. The molecule has 16 heteroatoms. The number of ether oxygens (including phenoxy) is 1. The maximum absolute atomic E-state index is 17.2. The summed E-state index contributed by atoms with van der Waals surface area (Å²) in [6.45, 7) is 7.31. The molecule has 1 spiro atoms. The third-order valence-corrected chi connectivity index (χ3v) is 18.9. The predicted molar refractivity (Wildman–Crippen MR) is 278 cm³/mol. The van der Waals surface area contributed by atoms with Crippen molar-refractivity contribution in [2.24, 2.45) is 17.9 Å². The van der Waals surface area contributed by atoms with Crippen LogP contribution in [0.4, 0.5) is 14.6 Å². The molecule has 4 unspecified atom stereocenters. The molecule has 2 amide bonds. The average Bonchev–Trinajstić information content (AvgIpc) is 3.99. The van der Waals surface area contributed by atoms with E-state index in [-0.39, 0.29) is 52.2 Å². The minimum atomic E-state index is -0.815. The van der Waals surface area contributed by atoms with Crippen molar-refractivity contribution in [2.75, 3.05) is 57.3 Å². The number of hydrogen-bond acceptors (Lipinski definition) is 12. The van der Waals surface area contributed by atoms with Crippen molar-refractivity contribution in [3.8, 4) is 18.4 Å². The number of terminal acetylenes is 1. The number of amides is 2. The fourth-order valence-electron chi connectivity index (χ4n) is 14.4. The highest BCUT2D eigenvalue weighted by Crippen LogP contribution is 2.51. The Bertz CT molecular complexity index is 3130. The van der Waals surface area contributed by atoms with E-state index in [1.807, 2.05) is 11.7 Å². The zero-order valence-electron chi connectivity index (χ0n) is 42.4. The lowest BCUT2D eigenvalue weighted by atomic mass is 9.66. The van der Waals surface area contributed by atoms with E-state index >= 15 is 8.78 Å². The van der Waals surface area contributed by atoms with Crippen LogP contribution in [0.25, 0.3) is 27.9 Å². The number of carbonyl (C=O) groups excluding carboxylic acids is 2. The number of piperidine rings is 3. The molecule has 5 aliphatic heterocycles. The van der Waals surface area contributed by atoms with Gasteiger partial charge in [-0.15, -0.1) is 6.42 Å². The molecule has 3 aliphatic carbocycles. The summed E-state index contributed by atoms with van der Waals surface area (Å²) in [5.41, 5.74) is 4.75. The molecule has 2 saturated carbocycles. The number of nitrogens with zero attached hydrogens (tertiary/aromatic N) is 8. The Balaban J connectivity index is 0.637. The summed E-state index contributed by atoms with van der Waals surface area (Å²) in [6, 6.07) is 10.9. The minimum Gasteiger partial charge on any atom is -0.512 e. The number of anilines is 1. The number of likely N-dealkylation sites (tertiary alicyclic amines) is 2. The molecule has 0 radical (unpaired) electrons. The summed E-state index contributed by atoms with van der Waals surface area (Å²) in [5, 5.41) is 23.3. The van der Waals surface area contributed by atoms with Crippen LogP contribution in [0.5, 0.6) is 6.01 Å². The van der Waals surface area contributed by atoms with Crippen LogP contribution in [0.2, 0.25) is 0 Å². The van der Waals surface area contributed by atoms with Crippen molar-refractivity contribution >= 4 is 45.5 Å². The van der Waals surface area contributed by atoms with Gasteiger partial charge in [-0.2, -0.15) is 15.1 Å². The van der Waals surface area contributed by atoms with Crippen molar-refractivity contribution in [3.63, 3.8) is 0 Å². The number of imide groups is 1. The first kappa shape index (κ1) is 47.7. The molecule has 2 aromatic carbocycles. The fraction of sp³-hybridized carbons (Fsp3) is 0.552. The maximum Gasteiger partial charge on any atom is 0.319 e. The molecule has 4 atom stereocenters. The number of aromatic nitrogens is 5. The van der Waals surface area contributed by atoms with E-state index in [1.165, 1.54) is 50.2 Å². The molecule has 3 N–H and O–H groups in total. The summed E-state index contributed by atoms with van der Waals surface area (Å²) in [5.74, 6) is 0.741. The standard InChI is InChI=1S/C58H66F2N10O4/c1-3-41-46(59)10-5-36-26-40(71)28-44(49(36)41)52-50(60)53-45(29-61-52)54(70-30-37-6-7-38(31-70)62-37)65-56(64-53)74-33-58(18-19-58)32-68-24-20-57(21-25-68)16-12-39(13-17-57)69-22-14-34(15-23-69)35-4-8-42-47(27-35)67(2)66-51(42)43-9-11-48(72)63-55(43)73/h1,4-5,8,10,26-27,29,34,37-39,43-44,62,71H,6-7,9,11-25,28,30-33H2,2H3,(H,63,72,73). The van der Waals surface area contributed by atoms with E-state index in [1.54, 1.807) is 18.3 Å². The number of pyridine rings is 1. The van der Waals surface area contributed by atoms with Gasteiger partial charge in [0.05, 0.1) is 46.1 Å². The van der Waals surface area contributed by atoms with Crippen molar-refractivity contribution in [2.45, 2.75) is 132 Å². The number of piperazine rings is 1. The van der Waals surface area contributed by atoms with Gasteiger partial charge >= 0.3 is 6.01 Å². The molecule has 2 bridgehead atoms. The van der Waals surface area contributed by atoms with Crippen LogP contribution in [0.3, 0.4) is 0 Å². The largest absolute Gasteiger partial charge is 0.512 e. The van der Waals surface area contributed by atoms with Crippen LogP contribution in [-0.2, 0) is 16.6 Å². The number of carbonyl (C=O) groups is 2. The van der Waals surface area contributed by atoms with Crippen molar-refractivity contribution in [1.29, 1.82) is 0 Å². The number of benzene rings is 2. The molecular weight excluding hydrogens is 939 g/mol. The summed E-state index contributed by atoms with van der Waals surface area (Å²) in [4.78, 5) is 46.6. The molecule has 74 heavy (non-hydrogen) atoms. The lowest BCUT2D eigenvalue weighted by Gasteiger charge is -2.49. The van der Waals surface area contributed by atoms with Crippen LogP contribution >= 0.6 is 0 Å². The van der Waals surface area contributed by atoms with Gasteiger partial charge in [-0.1, -0.05) is 24.1 Å². The van der Waals surface area contributed by atoms with E-state index in [4.69, 9.17) is 26.2 Å². The first-order valence-corrected chi connectivity index (χ1v) is 27.4. The van der Waals surface area contributed by atoms with Gasteiger partial charge in [-0.25, -0.2) is 8.78 Å². The Kier molecular flexibility index (Phi) is 12.0. The number of rotatable bonds is 10. The summed E-state index contributed by atoms with van der Waals surface area (Å²) >= 11 is 0. The first-order valence-electron chi connectivity index (χ1n) is 27.4. The summed E-state index contributed by atoms with van der Waals surface area (Å²) in [7, 11) is 1.95. The second-order valence-corrected chi connectivity index (χ2v) is 23.4. The zero-order chi connectivity index (χ0) is 50.5. The number of halogens is 2. The lowest BCUT2D eigenvalue weighted by Crippen LogP contribution is -2.51. The van der Waals surface area contributed by atoms with Crippen molar-refractivity contribution in [3.05, 3.63) is 87.6 Å². The van der Waals surface area contributed by atoms with Crippen LogP contribution in [-0.4, -0.2) is 122 Å². The first-order chi connectivity index (χ1) is 35.9. The predicted octanol–water partition coefficient (Wildman–Crippen LogP) is 8.13. The molecule has 14 nitrogen and oxygen atoms in total. The van der Waals surface area contributed by atoms with Gasteiger partial charge in [-0.3, -0.25) is 24.6 Å². The molecule has 7 fully saturated rings. The molecule has 13 rings (SSSR count). The quantitative estimate of drug-likeness (QED) is 0.0915. The van der Waals surface area contributed by atoms with E-state index in [2.05, 4.69) is 54.4 Å². The highest BCUT2D eigenvalue weighted by molar-refractivity contribution is 6.02. The second kappa shape index (κ2) is 18.7. The monoisotopic (exact) mass is 1000 g/mol. The summed E-state index contributed by atoms with van der Waals surface area (Å²) in [6.07, 6.45) is 24.0. The minimum absolute atomic E-state index is 0.00351. The number of aliphatic hydroxyl groups excluding tert-OH is 1. The van der Waals surface area contributed by atoms with Gasteiger partial charge in [0.15, 0.2) is 5.82 Å². The van der Waals surface area contributed by atoms with E-state index < -0.39 is 23.5 Å². The molecule has 5 aromatic rings. The highest BCUT2D eigenvalue weighted by Gasteiger charge is 2.48. The Morgan fingerprint density at radius 3 is 2.38 bits per heavy atom. The van der Waals surface area contributed by atoms with Gasteiger partial charge in [-0.05, 0) is 156 Å². The molecule has 5 saturated heterocycles. The molecule has 8 heterocycles. The maximum atomic E-state index is 17.2. The Morgan fingerprint density at radius 2 is 1.65 bits per heavy atom. The van der Waals surface area contributed by atoms with Gasteiger partial charge in [0.2, 0.25) is 11.8 Å². The Labute approximate surface area is 430 Å². The van der Waals surface area contributed by atoms with Crippen molar-refractivity contribution < 1.29 is 28.2 Å². The lowest BCUT2D eigenvalue weighted by molar-refractivity contribution is -0.134. The zero-order valence-corrected chi connectivity index (χ0v) is 42.4. The third-order valence-electron chi connectivity index (χ3n) is 18.9. The highest BCUT2D eigenvalue weighted by atomic mass is 19.1. The van der Waals surface area contributed by atoms with Crippen LogP contribution < -0.4 is 20.3 Å². The third kappa shape index (κ3) is 8.70. The molecule has 3 aromatic heterocycles. The van der Waals surface area contributed by atoms with Crippen molar-refractivity contribution in [1.82, 2.24) is 45.2 Å².